The fourth-order valence-corrected chi connectivity index (χ4v) is 6.95. The lowest BCUT2D eigenvalue weighted by molar-refractivity contribution is -0.491. The van der Waals surface area contributed by atoms with Gasteiger partial charge in [-0.3, -0.25) is 0 Å². The summed E-state index contributed by atoms with van der Waals surface area (Å²) in [6, 6.07) is 25.0. The third-order valence-electron chi connectivity index (χ3n) is 8.42. The van der Waals surface area contributed by atoms with Gasteiger partial charge in [0.15, 0.2) is 0 Å². The quantitative estimate of drug-likeness (QED) is 0.276. The molecule has 4 rings (SSSR count). The van der Waals surface area contributed by atoms with Crippen molar-refractivity contribution >= 4 is 28.2 Å². The van der Waals surface area contributed by atoms with Crippen LogP contribution in [-0.4, -0.2) is 35.9 Å². The van der Waals surface area contributed by atoms with E-state index in [1.54, 1.807) is 0 Å². The van der Waals surface area contributed by atoms with E-state index in [0.29, 0.717) is 30.2 Å². The van der Waals surface area contributed by atoms with Crippen molar-refractivity contribution in [3.63, 3.8) is 0 Å². The molecule has 0 spiro atoms. The van der Waals surface area contributed by atoms with Crippen LogP contribution in [0.4, 0.5) is 11.4 Å². The van der Waals surface area contributed by atoms with Gasteiger partial charge in [0.05, 0.1) is 5.56 Å². The van der Waals surface area contributed by atoms with Gasteiger partial charge in [0.2, 0.25) is 5.71 Å². The second kappa shape index (κ2) is 13.4. The second-order valence-electron chi connectivity index (χ2n) is 13.6. The molecule has 0 saturated carbocycles. The lowest BCUT2D eigenvalue weighted by Crippen LogP contribution is -2.77. The Bertz CT molecular complexity index is 1440. The molecule has 1 aliphatic carbocycles. The number of aryl methyl sites for hydroxylation is 2. The van der Waals surface area contributed by atoms with Gasteiger partial charge in [-0.25, -0.2) is 4.99 Å². The highest BCUT2D eigenvalue weighted by molar-refractivity contribution is 6.17. The number of nitrogens with one attached hydrogen (secondary N) is 1. The number of allylic oxidation sites excluding steroid dienone is 3. The van der Waals surface area contributed by atoms with E-state index in [1.807, 2.05) is 0 Å². The molecule has 0 fully saturated rings. The molecule has 3 nitrogen and oxygen atoms in total. The number of anilines is 2. The van der Waals surface area contributed by atoms with Crippen LogP contribution in [0.2, 0.25) is 0 Å². The van der Waals surface area contributed by atoms with Crippen LogP contribution in [-0.2, 0) is 0 Å². The van der Waals surface area contributed by atoms with Gasteiger partial charge in [0.25, 0.3) is 0 Å². The van der Waals surface area contributed by atoms with Crippen molar-refractivity contribution in [3.05, 3.63) is 106 Å². The molecule has 0 amide bonds. The first kappa shape index (κ1) is 32.3. The van der Waals surface area contributed by atoms with E-state index in [2.05, 4.69) is 171 Å². The zero-order chi connectivity index (χ0) is 31.6. The molecule has 3 aromatic carbocycles. The van der Waals surface area contributed by atoms with Gasteiger partial charge in [-0.2, -0.15) is 0 Å². The van der Waals surface area contributed by atoms with Crippen LogP contribution in [0.5, 0.6) is 0 Å². The predicted octanol–water partition coefficient (Wildman–Crippen LogP) is 8.36. The first-order valence-corrected chi connectivity index (χ1v) is 16.3. The summed E-state index contributed by atoms with van der Waals surface area (Å²) < 4.78 is 0. The zero-order valence-electron chi connectivity index (χ0n) is 28.7. The minimum absolute atomic E-state index is 0.358. The summed E-state index contributed by atoms with van der Waals surface area (Å²) in [5.74, 6) is 0. The standard InChI is InChI=1S/C40H53N3/c1-25(2)41-39-22-21-38(36-15-13-14-16-37(36)39)40(34-19-17-32(23-30(34)11)42(26(3)4)27(5)6)35-20-18-33(24-31(35)12)43(28(7)8)29(9)10/h13-29H,1-12H3/p+1. The summed E-state index contributed by atoms with van der Waals surface area (Å²) in [6.07, 6.45) is 4.59. The molecule has 3 heteroatoms. The largest absolute Gasteiger partial charge is 0.367 e. The molecule has 0 heterocycles. The number of rotatable bonds is 9. The van der Waals surface area contributed by atoms with E-state index in [-0.39, 0.29) is 0 Å². The number of fused-ring (bicyclic) bond motifs is 1. The minimum atomic E-state index is 0.358. The van der Waals surface area contributed by atoms with Crippen LogP contribution in [0.3, 0.4) is 0 Å². The summed E-state index contributed by atoms with van der Waals surface area (Å²) in [4.78, 5) is 8.69. The highest BCUT2D eigenvalue weighted by Crippen LogP contribution is 2.41. The predicted molar refractivity (Wildman–Crippen MR) is 190 cm³/mol. The Labute approximate surface area is 262 Å². The third kappa shape index (κ3) is 6.82. The number of hydrogen-bond donors (Lipinski definition) is 1. The molecule has 0 aromatic heterocycles. The Morgan fingerprint density at radius 2 is 1.00 bits per heavy atom. The topological polar surface area (TPSA) is 20.5 Å². The average molecular weight is 577 g/mol. The molecule has 0 radical (unpaired) electrons. The van der Waals surface area contributed by atoms with Gasteiger partial charge < -0.3 is 9.80 Å². The summed E-state index contributed by atoms with van der Waals surface area (Å²) >= 11 is 0. The molecule has 43 heavy (non-hydrogen) atoms. The maximum atomic E-state index is 3.68. The SMILES string of the molecule is Cc1cc(N(C(C)C)C(C)C)ccc1C(=C1C=CC(=[NH+]C(C)C)c2ccccc21)c1ccc(N(C(C)C)C(C)C)cc1C. The summed E-state index contributed by atoms with van der Waals surface area (Å²) in [6.45, 7) is 27.2. The molecule has 0 unspecified atom stereocenters. The fourth-order valence-electron chi connectivity index (χ4n) is 6.95. The number of benzene rings is 3. The molecular formula is C40H54N3+. The van der Waals surface area contributed by atoms with Gasteiger partial charge in [-0.05, 0) is 158 Å². The molecule has 0 saturated heterocycles. The Balaban J connectivity index is 2.02. The van der Waals surface area contributed by atoms with Crippen molar-refractivity contribution in [2.75, 3.05) is 9.80 Å². The highest BCUT2D eigenvalue weighted by atomic mass is 15.2. The van der Waals surface area contributed by atoms with Crippen LogP contribution in [0.1, 0.15) is 103 Å². The van der Waals surface area contributed by atoms with Crippen LogP contribution >= 0.6 is 0 Å². The highest BCUT2D eigenvalue weighted by Gasteiger charge is 2.25. The Morgan fingerprint density at radius 3 is 1.40 bits per heavy atom. The molecule has 0 atom stereocenters. The van der Waals surface area contributed by atoms with Crippen LogP contribution in [0.15, 0.2) is 72.8 Å². The van der Waals surface area contributed by atoms with Crippen molar-refractivity contribution < 1.29 is 4.99 Å². The van der Waals surface area contributed by atoms with Gasteiger partial charge >= 0.3 is 0 Å². The first-order chi connectivity index (χ1) is 20.3. The van der Waals surface area contributed by atoms with Gasteiger partial charge in [0, 0.05) is 41.6 Å². The average Bonchev–Trinajstić information content (AvgIpc) is 2.91. The van der Waals surface area contributed by atoms with E-state index in [0.717, 1.165) is 0 Å². The van der Waals surface area contributed by atoms with Crippen LogP contribution in [0.25, 0.3) is 11.1 Å². The van der Waals surface area contributed by atoms with Crippen LogP contribution < -0.4 is 14.8 Å². The normalized spacial score (nSPS) is 14.1. The second-order valence-corrected chi connectivity index (χ2v) is 13.6. The fraction of sp³-hybridized carbons (Fsp3) is 0.425. The number of hydrogen-bond acceptors (Lipinski definition) is 2. The van der Waals surface area contributed by atoms with Crippen LogP contribution in [0, 0.1) is 13.8 Å². The van der Waals surface area contributed by atoms with E-state index in [4.69, 9.17) is 0 Å². The van der Waals surface area contributed by atoms with Crippen molar-refractivity contribution in [1.29, 1.82) is 0 Å². The Kier molecular flexibility index (Phi) is 10.1. The van der Waals surface area contributed by atoms with E-state index in [1.165, 1.54) is 61.6 Å². The van der Waals surface area contributed by atoms with Crippen molar-refractivity contribution in [2.45, 2.75) is 113 Å². The maximum Gasteiger partial charge on any atom is 0.206 e. The smallest absolute Gasteiger partial charge is 0.206 e. The summed E-state index contributed by atoms with van der Waals surface area (Å²) in [5, 5.41) is 0. The lowest BCUT2D eigenvalue weighted by Gasteiger charge is -2.34. The van der Waals surface area contributed by atoms with Gasteiger partial charge in [-0.1, -0.05) is 30.3 Å². The molecular weight excluding hydrogens is 522 g/mol. The molecule has 3 aromatic rings. The van der Waals surface area contributed by atoms with Gasteiger partial charge in [-0.15, -0.1) is 0 Å². The van der Waals surface area contributed by atoms with E-state index >= 15 is 0 Å². The van der Waals surface area contributed by atoms with Crippen molar-refractivity contribution in [1.82, 2.24) is 0 Å². The summed E-state index contributed by atoms with van der Waals surface area (Å²) in [5.41, 5.74) is 14.0. The molecule has 1 aliphatic rings. The van der Waals surface area contributed by atoms with E-state index in [9.17, 15) is 0 Å². The molecule has 228 valence electrons. The third-order valence-corrected chi connectivity index (χ3v) is 8.42. The minimum Gasteiger partial charge on any atom is -0.367 e. The summed E-state index contributed by atoms with van der Waals surface area (Å²) in [7, 11) is 0. The Hall–Kier alpha value is -3.59. The van der Waals surface area contributed by atoms with Gasteiger partial charge in [0.1, 0.15) is 6.04 Å². The van der Waals surface area contributed by atoms with E-state index < -0.39 is 0 Å². The Morgan fingerprint density at radius 1 is 0.558 bits per heavy atom. The molecule has 0 aliphatic heterocycles. The monoisotopic (exact) mass is 576 g/mol. The number of nitrogens with zero attached hydrogens (tertiary/aromatic N) is 2. The van der Waals surface area contributed by atoms with Crippen molar-refractivity contribution in [3.8, 4) is 0 Å². The molecule has 1 N–H and O–H groups in total. The lowest BCUT2D eigenvalue weighted by atomic mass is 9.81. The first-order valence-electron chi connectivity index (χ1n) is 16.3. The molecule has 0 bridgehead atoms. The van der Waals surface area contributed by atoms with Crippen molar-refractivity contribution in [2.24, 2.45) is 0 Å². The maximum absolute atomic E-state index is 3.68. The zero-order valence-corrected chi connectivity index (χ0v) is 28.7.